The summed E-state index contributed by atoms with van der Waals surface area (Å²) in [7, 11) is 1.69. The highest BCUT2D eigenvalue weighted by atomic mass is 35.5. The van der Waals surface area contributed by atoms with Crippen LogP contribution >= 0.6 is 11.6 Å². The molecule has 1 fully saturated rings. The maximum absolute atomic E-state index is 14.2. The first-order valence-corrected chi connectivity index (χ1v) is 7.97. The van der Waals surface area contributed by atoms with Crippen molar-refractivity contribution >= 4 is 11.6 Å². The van der Waals surface area contributed by atoms with Crippen molar-refractivity contribution in [1.29, 1.82) is 0 Å². The SMILES string of the molecule is C=C1[C@@H]2CC[C@@]1(COC)c1nnc(-c3c(F)cccc3Cl)cc12. The number of aromatic nitrogens is 2. The Hall–Kier alpha value is -1.78. The van der Waals surface area contributed by atoms with Gasteiger partial charge < -0.3 is 4.74 Å². The number of ether oxygens (including phenoxy) is 1. The Morgan fingerprint density at radius 1 is 1.43 bits per heavy atom. The van der Waals surface area contributed by atoms with Crippen LogP contribution in [0.15, 0.2) is 36.4 Å². The van der Waals surface area contributed by atoms with Crippen molar-refractivity contribution in [1.82, 2.24) is 10.2 Å². The summed E-state index contributed by atoms with van der Waals surface area (Å²) in [5, 5.41) is 9.02. The van der Waals surface area contributed by atoms with E-state index in [9.17, 15) is 4.39 Å². The second-order valence-electron chi connectivity index (χ2n) is 6.26. The fraction of sp³-hybridized carbons (Fsp3) is 0.333. The highest BCUT2D eigenvalue weighted by molar-refractivity contribution is 6.33. The molecule has 5 heteroatoms. The summed E-state index contributed by atoms with van der Waals surface area (Å²) in [5.41, 5.74) is 3.69. The monoisotopic (exact) mass is 330 g/mol. The minimum absolute atomic E-state index is 0.237. The van der Waals surface area contributed by atoms with Crippen LogP contribution in [0.25, 0.3) is 11.3 Å². The Morgan fingerprint density at radius 3 is 3.00 bits per heavy atom. The molecule has 2 aliphatic carbocycles. The number of benzene rings is 1. The van der Waals surface area contributed by atoms with Gasteiger partial charge in [0.1, 0.15) is 5.82 Å². The normalized spacial score (nSPS) is 25.0. The molecule has 0 aliphatic heterocycles. The average Bonchev–Trinajstić information content (AvgIpc) is 2.96. The van der Waals surface area contributed by atoms with Crippen LogP contribution in [0.1, 0.15) is 30.0 Å². The molecule has 2 aromatic rings. The molecule has 0 radical (unpaired) electrons. The zero-order chi connectivity index (χ0) is 16.2. The Balaban J connectivity index is 1.87. The highest BCUT2D eigenvalue weighted by Crippen LogP contribution is 2.59. The number of fused-ring (bicyclic) bond motifs is 5. The number of halogens is 2. The Labute approximate surface area is 139 Å². The Bertz CT molecular complexity index is 802. The number of rotatable bonds is 3. The molecule has 2 atom stereocenters. The van der Waals surface area contributed by atoms with E-state index in [4.69, 9.17) is 16.3 Å². The molecule has 1 aromatic heterocycles. The molecule has 0 amide bonds. The van der Waals surface area contributed by atoms with Gasteiger partial charge in [-0.05, 0) is 36.6 Å². The molecular formula is C18H16ClFN2O. The van der Waals surface area contributed by atoms with Gasteiger partial charge in [-0.1, -0.05) is 29.8 Å². The molecule has 0 unspecified atom stereocenters. The molecule has 2 aliphatic rings. The van der Waals surface area contributed by atoms with Gasteiger partial charge in [0, 0.05) is 13.0 Å². The predicted molar refractivity (Wildman–Crippen MR) is 87.1 cm³/mol. The molecule has 0 spiro atoms. The fourth-order valence-corrected chi connectivity index (χ4v) is 4.32. The van der Waals surface area contributed by atoms with Crippen molar-refractivity contribution in [3.8, 4) is 11.3 Å². The molecule has 1 aromatic carbocycles. The lowest BCUT2D eigenvalue weighted by molar-refractivity contribution is 0.147. The molecule has 3 nitrogen and oxygen atoms in total. The third kappa shape index (κ3) is 1.91. The van der Waals surface area contributed by atoms with Crippen molar-refractivity contribution in [2.45, 2.75) is 24.2 Å². The van der Waals surface area contributed by atoms with Gasteiger partial charge in [0.25, 0.3) is 0 Å². The minimum atomic E-state index is -0.389. The summed E-state index contributed by atoms with van der Waals surface area (Å²) in [6, 6.07) is 6.54. The zero-order valence-electron chi connectivity index (χ0n) is 12.8. The van der Waals surface area contributed by atoms with Gasteiger partial charge in [-0.25, -0.2) is 4.39 Å². The van der Waals surface area contributed by atoms with Crippen LogP contribution in [0.3, 0.4) is 0 Å². The van der Waals surface area contributed by atoms with Crippen molar-refractivity contribution in [2.24, 2.45) is 0 Å². The molecular weight excluding hydrogens is 315 g/mol. The molecule has 2 bridgehead atoms. The largest absolute Gasteiger partial charge is 0.383 e. The summed E-state index contributed by atoms with van der Waals surface area (Å²) in [5.74, 6) is -0.139. The van der Waals surface area contributed by atoms with Crippen LogP contribution in [0.4, 0.5) is 4.39 Å². The summed E-state index contributed by atoms with van der Waals surface area (Å²) >= 11 is 6.15. The lowest BCUT2D eigenvalue weighted by Gasteiger charge is -2.26. The molecule has 1 saturated carbocycles. The number of hydrogen-bond donors (Lipinski definition) is 0. The number of hydrogen-bond acceptors (Lipinski definition) is 3. The second kappa shape index (κ2) is 5.11. The quantitative estimate of drug-likeness (QED) is 0.788. The topological polar surface area (TPSA) is 35.0 Å². The minimum Gasteiger partial charge on any atom is -0.383 e. The third-order valence-corrected chi connectivity index (χ3v) is 5.47. The summed E-state index contributed by atoms with van der Waals surface area (Å²) < 4.78 is 19.6. The van der Waals surface area contributed by atoms with Gasteiger partial charge >= 0.3 is 0 Å². The van der Waals surface area contributed by atoms with Crippen molar-refractivity contribution < 1.29 is 9.13 Å². The summed E-state index contributed by atoms with van der Waals surface area (Å²) in [6.07, 6.45) is 2.00. The van der Waals surface area contributed by atoms with Gasteiger partial charge in [-0.2, -0.15) is 10.2 Å². The van der Waals surface area contributed by atoms with E-state index in [2.05, 4.69) is 16.8 Å². The van der Waals surface area contributed by atoms with Crippen LogP contribution in [-0.2, 0) is 10.2 Å². The van der Waals surface area contributed by atoms with Gasteiger partial charge in [-0.15, -0.1) is 0 Å². The predicted octanol–water partition coefficient (Wildman–Crippen LogP) is 4.27. The fourth-order valence-electron chi connectivity index (χ4n) is 4.06. The van der Waals surface area contributed by atoms with E-state index >= 15 is 0 Å². The van der Waals surface area contributed by atoms with Gasteiger partial charge in [0.15, 0.2) is 0 Å². The maximum Gasteiger partial charge on any atom is 0.134 e. The third-order valence-electron chi connectivity index (χ3n) is 5.16. The Morgan fingerprint density at radius 2 is 2.26 bits per heavy atom. The second-order valence-corrected chi connectivity index (χ2v) is 6.67. The van der Waals surface area contributed by atoms with Crippen LogP contribution < -0.4 is 0 Å². The molecule has 118 valence electrons. The van der Waals surface area contributed by atoms with Crippen molar-refractivity contribution in [3.63, 3.8) is 0 Å². The molecule has 0 N–H and O–H groups in total. The average molecular weight is 331 g/mol. The van der Waals surface area contributed by atoms with E-state index in [1.54, 1.807) is 19.2 Å². The first-order chi connectivity index (χ1) is 11.1. The van der Waals surface area contributed by atoms with Crippen LogP contribution in [0.5, 0.6) is 0 Å². The number of nitrogens with zero attached hydrogens (tertiary/aromatic N) is 2. The first kappa shape index (κ1) is 14.8. The molecule has 1 heterocycles. The molecule has 4 rings (SSSR count). The van der Waals surface area contributed by atoms with Crippen molar-refractivity contribution in [2.75, 3.05) is 13.7 Å². The van der Waals surface area contributed by atoms with E-state index in [-0.39, 0.29) is 17.2 Å². The Kier molecular flexibility index (Phi) is 3.29. The summed E-state index contributed by atoms with van der Waals surface area (Å²) in [6.45, 7) is 4.83. The zero-order valence-corrected chi connectivity index (χ0v) is 13.5. The van der Waals surface area contributed by atoms with Crippen LogP contribution in [-0.4, -0.2) is 23.9 Å². The lowest BCUT2D eigenvalue weighted by atomic mass is 9.82. The first-order valence-electron chi connectivity index (χ1n) is 7.59. The smallest absolute Gasteiger partial charge is 0.134 e. The highest BCUT2D eigenvalue weighted by Gasteiger charge is 2.54. The van der Waals surface area contributed by atoms with Gasteiger partial charge in [0.05, 0.1) is 34.0 Å². The van der Waals surface area contributed by atoms with Crippen LogP contribution in [0, 0.1) is 5.82 Å². The summed E-state index contributed by atoms with van der Waals surface area (Å²) in [4.78, 5) is 0. The van der Waals surface area contributed by atoms with Crippen molar-refractivity contribution in [3.05, 3.63) is 58.5 Å². The van der Waals surface area contributed by atoms with E-state index in [0.717, 1.165) is 29.7 Å². The number of methoxy groups -OCH3 is 1. The van der Waals surface area contributed by atoms with Gasteiger partial charge in [-0.3, -0.25) is 0 Å². The molecule has 0 saturated heterocycles. The maximum atomic E-state index is 14.2. The van der Waals surface area contributed by atoms with E-state index in [0.29, 0.717) is 22.9 Å². The van der Waals surface area contributed by atoms with Gasteiger partial charge in [0.2, 0.25) is 0 Å². The van der Waals surface area contributed by atoms with E-state index < -0.39 is 0 Å². The molecule has 23 heavy (non-hydrogen) atoms. The standard InChI is InChI=1S/C18H16ClFN2O/c1-10-11-6-7-18(10,9-23-2)17-12(11)8-15(21-22-17)16-13(19)4-3-5-14(16)20/h3-5,8,11H,1,6-7,9H2,2H3/t11-,18-/m0/s1. The van der Waals surface area contributed by atoms with Crippen LogP contribution in [0.2, 0.25) is 5.02 Å². The lowest BCUT2D eigenvalue weighted by Crippen LogP contribution is -2.29. The van der Waals surface area contributed by atoms with E-state index in [1.807, 2.05) is 6.07 Å². The van der Waals surface area contributed by atoms with E-state index in [1.165, 1.54) is 6.07 Å².